The van der Waals surface area contributed by atoms with Gasteiger partial charge in [-0.25, -0.2) is 0 Å². The van der Waals surface area contributed by atoms with Crippen molar-refractivity contribution in [1.82, 2.24) is 0 Å². The van der Waals surface area contributed by atoms with Crippen LogP contribution in [0.2, 0.25) is 0 Å². The van der Waals surface area contributed by atoms with E-state index in [0.717, 1.165) is 18.3 Å². The van der Waals surface area contributed by atoms with Gasteiger partial charge in [0.25, 0.3) is 0 Å². The lowest BCUT2D eigenvalue weighted by atomic mass is 9.48. The number of carbonyl (C=O) groups is 1. The number of halogens is 1. The lowest BCUT2D eigenvalue weighted by Gasteiger charge is -2.57. The van der Waals surface area contributed by atoms with E-state index in [-0.39, 0.29) is 10.2 Å². The van der Waals surface area contributed by atoms with E-state index in [1.165, 1.54) is 44.9 Å². The Labute approximate surface area is 137 Å². The first-order chi connectivity index (χ1) is 9.97. The van der Waals surface area contributed by atoms with E-state index < -0.39 is 0 Å². The molecule has 4 rings (SSSR count). The summed E-state index contributed by atoms with van der Waals surface area (Å²) in [7, 11) is 0. The van der Waals surface area contributed by atoms with Crippen molar-refractivity contribution in [2.45, 2.75) is 70.0 Å². The molecule has 4 aliphatic rings. The summed E-state index contributed by atoms with van der Waals surface area (Å²) in [4.78, 5) is 12.4. The molecular weight excluding hydrogens is 324 g/mol. The Balaban J connectivity index is 1.71. The van der Waals surface area contributed by atoms with E-state index in [9.17, 15) is 4.79 Å². The van der Waals surface area contributed by atoms with Crippen molar-refractivity contribution in [3.05, 3.63) is 11.6 Å². The lowest BCUT2D eigenvalue weighted by molar-refractivity contribution is -0.117. The van der Waals surface area contributed by atoms with E-state index in [1.807, 2.05) is 0 Å². The van der Waals surface area contributed by atoms with Crippen LogP contribution in [-0.2, 0) is 4.79 Å². The molecule has 0 aromatic carbocycles. The van der Waals surface area contributed by atoms with Crippen molar-refractivity contribution in [2.75, 3.05) is 0 Å². The molecule has 1 unspecified atom stereocenters. The van der Waals surface area contributed by atoms with Crippen molar-refractivity contribution in [3.63, 3.8) is 0 Å². The molecule has 0 spiro atoms. The first kappa shape index (κ1) is 14.5. The Morgan fingerprint density at radius 3 is 2.81 bits per heavy atom. The number of hydrogen-bond acceptors (Lipinski definition) is 1. The van der Waals surface area contributed by atoms with Crippen LogP contribution < -0.4 is 0 Å². The normalized spacial score (nSPS) is 52.7. The molecule has 116 valence electrons. The Kier molecular flexibility index (Phi) is 3.24. The standard InChI is InChI=1S/C19H27BrO/c1-18-9-4-3-5-12(18)6-7-13-14(18)8-10-19(2)15(13)11-16(21)17(19)20/h6,13-15,17H,3-5,7-11H2,1-2H3/t13-,14-,15+,17?,18+,19+/m1/s1. The highest BCUT2D eigenvalue weighted by atomic mass is 79.9. The van der Waals surface area contributed by atoms with Crippen LogP contribution in [0, 0.1) is 28.6 Å². The molecule has 0 aliphatic heterocycles. The summed E-state index contributed by atoms with van der Waals surface area (Å²) in [6, 6.07) is 0. The highest BCUT2D eigenvalue weighted by Crippen LogP contribution is 2.65. The number of hydrogen-bond donors (Lipinski definition) is 0. The van der Waals surface area contributed by atoms with Gasteiger partial charge in [-0.1, -0.05) is 47.8 Å². The summed E-state index contributed by atoms with van der Waals surface area (Å²) in [6.07, 6.45) is 12.7. The Bertz CT molecular complexity index is 510. The van der Waals surface area contributed by atoms with E-state index >= 15 is 0 Å². The largest absolute Gasteiger partial charge is 0.298 e. The van der Waals surface area contributed by atoms with Crippen LogP contribution in [0.5, 0.6) is 0 Å². The summed E-state index contributed by atoms with van der Waals surface area (Å²) >= 11 is 3.74. The average molecular weight is 351 g/mol. The van der Waals surface area contributed by atoms with E-state index in [4.69, 9.17) is 0 Å². The highest BCUT2D eigenvalue weighted by molar-refractivity contribution is 9.10. The van der Waals surface area contributed by atoms with Gasteiger partial charge in [-0.3, -0.25) is 4.79 Å². The first-order valence-electron chi connectivity index (χ1n) is 8.83. The van der Waals surface area contributed by atoms with Crippen LogP contribution in [0.3, 0.4) is 0 Å². The molecule has 0 radical (unpaired) electrons. The Morgan fingerprint density at radius 2 is 2.00 bits per heavy atom. The summed E-state index contributed by atoms with van der Waals surface area (Å²) in [5.74, 6) is 2.67. The zero-order valence-electron chi connectivity index (χ0n) is 13.3. The minimum absolute atomic E-state index is 0.112. The molecule has 21 heavy (non-hydrogen) atoms. The fraction of sp³-hybridized carbons (Fsp3) is 0.842. The zero-order valence-corrected chi connectivity index (χ0v) is 14.9. The van der Waals surface area contributed by atoms with E-state index in [2.05, 4.69) is 35.9 Å². The maximum Gasteiger partial charge on any atom is 0.147 e. The van der Waals surface area contributed by atoms with Crippen molar-refractivity contribution >= 4 is 21.7 Å². The summed E-state index contributed by atoms with van der Waals surface area (Å²) in [5, 5.41) is 0. The monoisotopic (exact) mass is 350 g/mol. The highest BCUT2D eigenvalue weighted by Gasteiger charge is 2.60. The third-order valence-electron chi connectivity index (χ3n) is 7.74. The molecule has 3 fully saturated rings. The van der Waals surface area contributed by atoms with Gasteiger partial charge in [0.2, 0.25) is 0 Å². The summed E-state index contributed by atoms with van der Waals surface area (Å²) in [6.45, 7) is 4.92. The van der Waals surface area contributed by atoms with Gasteiger partial charge in [0.05, 0.1) is 4.83 Å². The van der Waals surface area contributed by atoms with Gasteiger partial charge in [-0.05, 0) is 67.1 Å². The van der Waals surface area contributed by atoms with Crippen LogP contribution >= 0.6 is 15.9 Å². The maximum absolute atomic E-state index is 12.3. The van der Waals surface area contributed by atoms with Crippen molar-refractivity contribution in [2.24, 2.45) is 28.6 Å². The van der Waals surface area contributed by atoms with Crippen molar-refractivity contribution in [3.8, 4) is 0 Å². The van der Waals surface area contributed by atoms with Gasteiger partial charge in [0, 0.05) is 6.42 Å². The number of allylic oxidation sites excluding steroid dienone is 2. The second-order valence-corrected chi connectivity index (χ2v) is 9.46. The molecule has 1 nitrogen and oxygen atoms in total. The number of ketones is 1. The number of alkyl halides is 1. The van der Waals surface area contributed by atoms with Gasteiger partial charge in [0.15, 0.2) is 0 Å². The van der Waals surface area contributed by atoms with Gasteiger partial charge >= 0.3 is 0 Å². The van der Waals surface area contributed by atoms with Crippen LogP contribution in [0.15, 0.2) is 11.6 Å². The fourth-order valence-corrected chi connectivity index (χ4v) is 7.19. The SMILES string of the molecule is C[C@]12CCCCC1=CC[C@@H]1[C@H]2CC[C@]2(C)C(Br)C(=O)C[C@@H]12. The van der Waals surface area contributed by atoms with Gasteiger partial charge in [-0.15, -0.1) is 0 Å². The minimum Gasteiger partial charge on any atom is -0.298 e. The summed E-state index contributed by atoms with van der Waals surface area (Å²) < 4.78 is 0. The molecule has 6 atom stereocenters. The van der Waals surface area contributed by atoms with Crippen LogP contribution in [0.25, 0.3) is 0 Å². The van der Waals surface area contributed by atoms with Crippen molar-refractivity contribution in [1.29, 1.82) is 0 Å². The molecule has 0 saturated heterocycles. The molecule has 2 heteroatoms. The Hall–Kier alpha value is -0.110. The molecule has 0 N–H and O–H groups in total. The summed E-state index contributed by atoms with van der Waals surface area (Å²) in [5.41, 5.74) is 2.43. The zero-order chi connectivity index (χ0) is 14.8. The maximum atomic E-state index is 12.3. The van der Waals surface area contributed by atoms with E-state index in [1.54, 1.807) is 5.57 Å². The molecule has 3 saturated carbocycles. The first-order valence-corrected chi connectivity index (χ1v) is 9.75. The van der Waals surface area contributed by atoms with Crippen LogP contribution in [-0.4, -0.2) is 10.6 Å². The third kappa shape index (κ3) is 1.84. The predicted octanol–water partition coefficient (Wildman–Crippen LogP) is 5.28. The molecule has 0 bridgehead atoms. The quantitative estimate of drug-likeness (QED) is 0.429. The number of rotatable bonds is 0. The van der Waals surface area contributed by atoms with Gasteiger partial charge in [0.1, 0.15) is 5.78 Å². The molecular formula is C19H27BrO. The van der Waals surface area contributed by atoms with E-state index in [0.29, 0.717) is 17.1 Å². The van der Waals surface area contributed by atoms with Gasteiger partial charge in [-0.2, -0.15) is 0 Å². The van der Waals surface area contributed by atoms with Crippen LogP contribution in [0.1, 0.15) is 65.2 Å². The molecule has 0 heterocycles. The third-order valence-corrected chi connectivity index (χ3v) is 9.29. The number of fused-ring (bicyclic) bond motifs is 5. The average Bonchev–Trinajstić information content (AvgIpc) is 2.70. The topological polar surface area (TPSA) is 17.1 Å². The van der Waals surface area contributed by atoms with Crippen LogP contribution in [0.4, 0.5) is 0 Å². The predicted molar refractivity (Wildman–Crippen MR) is 89.4 cm³/mol. The second-order valence-electron chi connectivity index (χ2n) is 8.54. The fourth-order valence-electron chi connectivity index (χ4n) is 6.43. The molecule has 0 amide bonds. The molecule has 4 aliphatic carbocycles. The Morgan fingerprint density at radius 1 is 1.19 bits per heavy atom. The van der Waals surface area contributed by atoms with Gasteiger partial charge < -0.3 is 0 Å². The lowest BCUT2D eigenvalue weighted by Crippen LogP contribution is -2.49. The molecule has 0 aromatic heterocycles. The molecule has 0 aromatic rings. The van der Waals surface area contributed by atoms with Crippen molar-refractivity contribution < 1.29 is 4.79 Å². The second kappa shape index (κ2) is 4.69. The minimum atomic E-state index is 0.112. The smallest absolute Gasteiger partial charge is 0.147 e. The number of Topliss-reactive ketones (excluding diaryl/α,β-unsaturated/α-hetero) is 1. The number of carbonyl (C=O) groups excluding carboxylic acids is 1.